The summed E-state index contributed by atoms with van der Waals surface area (Å²) in [5.74, 6) is 0. The minimum absolute atomic E-state index is 0.226. The molecule has 1 saturated carbocycles. The van der Waals surface area contributed by atoms with Gasteiger partial charge in [-0.05, 0) is 51.3 Å². The van der Waals surface area contributed by atoms with Crippen molar-refractivity contribution in [3.05, 3.63) is 41.6 Å². The van der Waals surface area contributed by atoms with Crippen LogP contribution in [0.2, 0.25) is 0 Å². The maximum Gasteiger partial charge on any atom is 0.415 e. The third kappa shape index (κ3) is 2.38. The summed E-state index contributed by atoms with van der Waals surface area (Å²) in [6, 6.07) is 7.99. The van der Waals surface area contributed by atoms with Crippen LogP contribution in [0.15, 0.2) is 36.0 Å². The molecule has 3 aliphatic rings. The lowest BCUT2D eigenvalue weighted by molar-refractivity contribution is 0.0504. The Morgan fingerprint density at radius 3 is 2.59 bits per heavy atom. The maximum absolute atomic E-state index is 13.2. The number of carbonyl (C=O) groups is 2. The fourth-order valence-electron chi connectivity index (χ4n) is 4.57. The van der Waals surface area contributed by atoms with Crippen molar-refractivity contribution in [3.63, 3.8) is 0 Å². The Morgan fingerprint density at radius 2 is 1.96 bits per heavy atom. The van der Waals surface area contributed by atoms with Crippen LogP contribution in [0.5, 0.6) is 0 Å². The van der Waals surface area contributed by atoms with Gasteiger partial charge in [-0.1, -0.05) is 25.1 Å². The van der Waals surface area contributed by atoms with Crippen LogP contribution in [0.25, 0.3) is 0 Å². The molecule has 2 amide bonds. The van der Waals surface area contributed by atoms with Crippen LogP contribution in [0.4, 0.5) is 15.3 Å². The third-order valence-corrected chi connectivity index (χ3v) is 6.11. The minimum atomic E-state index is -0.590. The summed E-state index contributed by atoms with van der Waals surface area (Å²) in [6.45, 7) is 10.8. The molecule has 0 N–H and O–H groups in total. The first-order valence-corrected chi connectivity index (χ1v) is 9.35. The Hall–Kier alpha value is -2.50. The van der Waals surface area contributed by atoms with Crippen LogP contribution in [-0.4, -0.2) is 41.4 Å². The summed E-state index contributed by atoms with van der Waals surface area (Å²) in [4.78, 5) is 28.4. The van der Waals surface area contributed by atoms with Gasteiger partial charge in [-0.3, -0.25) is 9.80 Å². The number of hydrogen-bond acceptors (Lipinski definition) is 4. The van der Waals surface area contributed by atoms with Crippen molar-refractivity contribution in [1.82, 2.24) is 4.90 Å². The first kappa shape index (κ1) is 17.9. The molecule has 2 fully saturated rings. The summed E-state index contributed by atoms with van der Waals surface area (Å²) in [5, 5.41) is 0. The Kier molecular flexibility index (Phi) is 3.65. The van der Waals surface area contributed by atoms with Crippen molar-refractivity contribution in [3.8, 4) is 0 Å². The second kappa shape index (κ2) is 5.50. The predicted molar refractivity (Wildman–Crippen MR) is 102 cm³/mol. The number of hydrogen-bond donors (Lipinski definition) is 0. The molecule has 4 rings (SSSR count). The number of amides is 2. The predicted octanol–water partition coefficient (Wildman–Crippen LogP) is 4.20. The lowest BCUT2D eigenvalue weighted by atomic mass is 9.52. The van der Waals surface area contributed by atoms with E-state index >= 15 is 0 Å². The number of para-hydroxylation sites is 1. The smallest absolute Gasteiger partial charge is 0.415 e. The van der Waals surface area contributed by atoms with E-state index in [0.717, 1.165) is 23.2 Å². The fraction of sp³-hybridized carbons (Fsp3) is 0.524. The zero-order valence-electron chi connectivity index (χ0n) is 16.5. The topological polar surface area (TPSA) is 59.1 Å². The first-order valence-electron chi connectivity index (χ1n) is 9.35. The lowest BCUT2D eigenvalue weighted by Gasteiger charge is -2.57. The van der Waals surface area contributed by atoms with Crippen molar-refractivity contribution in [2.24, 2.45) is 0 Å². The van der Waals surface area contributed by atoms with Gasteiger partial charge in [-0.25, -0.2) is 9.59 Å². The van der Waals surface area contributed by atoms with Crippen molar-refractivity contribution >= 4 is 17.9 Å². The minimum Gasteiger partial charge on any atom is -0.447 e. The summed E-state index contributed by atoms with van der Waals surface area (Å²) >= 11 is 0. The average Bonchev–Trinajstić information content (AvgIpc) is 3.03. The van der Waals surface area contributed by atoms with E-state index in [2.05, 4.69) is 19.9 Å². The zero-order valence-corrected chi connectivity index (χ0v) is 16.5. The monoisotopic (exact) mass is 370 g/mol. The maximum atomic E-state index is 13.2. The van der Waals surface area contributed by atoms with E-state index in [-0.39, 0.29) is 17.6 Å². The molecule has 6 nitrogen and oxygen atoms in total. The molecule has 1 saturated heterocycles. The molecule has 1 aliphatic carbocycles. The van der Waals surface area contributed by atoms with Gasteiger partial charge in [0.1, 0.15) is 12.2 Å². The van der Waals surface area contributed by atoms with Crippen LogP contribution in [0, 0.1) is 0 Å². The highest BCUT2D eigenvalue weighted by atomic mass is 16.6. The molecule has 0 spiro atoms. The molecule has 2 heterocycles. The molecule has 0 unspecified atom stereocenters. The van der Waals surface area contributed by atoms with Gasteiger partial charge in [0.15, 0.2) is 0 Å². The molecule has 0 bridgehead atoms. The van der Waals surface area contributed by atoms with Crippen molar-refractivity contribution in [1.29, 1.82) is 0 Å². The molecule has 1 aromatic rings. The number of ether oxygens (including phenoxy) is 2. The van der Waals surface area contributed by atoms with E-state index in [1.54, 1.807) is 9.80 Å². The number of nitrogens with zero attached hydrogens (tertiary/aromatic N) is 2. The fourth-order valence-corrected chi connectivity index (χ4v) is 4.57. The van der Waals surface area contributed by atoms with E-state index < -0.39 is 11.1 Å². The Balaban J connectivity index is 1.79. The Bertz CT molecular complexity index is 856. The number of benzene rings is 1. The zero-order chi connectivity index (χ0) is 19.6. The van der Waals surface area contributed by atoms with Gasteiger partial charge >= 0.3 is 12.2 Å². The second-order valence-electron chi connectivity index (χ2n) is 8.88. The standard InChI is InChI=1S/C21H26N2O4/c1-19(2,3)27-18(25)23-16-9-7-6-8-15(16)20(4)12-14(21(20,23)5)13-22-10-11-26-17(22)24/h6-9,13H,10-12H2,1-5H3/b14-13-/t20-,21-/m1/s1. The molecule has 2 atom stereocenters. The number of fused-ring (bicyclic) bond motifs is 3. The van der Waals surface area contributed by atoms with Crippen LogP contribution >= 0.6 is 0 Å². The quantitative estimate of drug-likeness (QED) is 0.743. The van der Waals surface area contributed by atoms with Crippen LogP contribution in [0.3, 0.4) is 0 Å². The van der Waals surface area contributed by atoms with E-state index in [4.69, 9.17) is 9.47 Å². The molecule has 1 aromatic carbocycles. The molecule has 0 radical (unpaired) electrons. The summed E-state index contributed by atoms with van der Waals surface area (Å²) in [6.07, 6.45) is 1.94. The van der Waals surface area contributed by atoms with Crippen LogP contribution < -0.4 is 4.90 Å². The summed E-state index contributed by atoms with van der Waals surface area (Å²) in [5.41, 5.74) is 1.65. The highest BCUT2D eigenvalue weighted by Gasteiger charge is 2.68. The van der Waals surface area contributed by atoms with Crippen molar-refractivity contribution in [2.75, 3.05) is 18.1 Å². The van der Waals surface area contributed by atoms with Crippen molar-refractivity contribution < 1.29 is 19.1 Å². The lowest BCUT2D eigenvalue weighted by Crippen LogP contribution is -2.66. The van der Waals surface area contributed by atoms with Gasteiger partial charge in [-0.15, -0.1) is 0 Å². The van der Waals surface area contributed by atoms with Crippen LogP contribution in [-0.2, 0) is 14.9 Å². The molecule has 6 heteroatoms. The van der Waals surface area contributed by atoms with Gasteiger partial charge in [-0.2, -0.15) is 0 Å². The summed E-state index contributed by atoms with van der Waals surface area (Å²) in [7, 11) is 0. The van der Waals surface area contributed by atoms with Crippen molar-refractivity contribution in [2.45, 2.75) is 57.6 Å². The molecule has 27 heavy (non-hydrogen) atoms. The average molecular weight is 370 g/mol. The molecular formula is C21H26N2O4. The van der Waals surface area contributed by atoms with E-state index in [1.807, 2.05) is 45.2 Å². The third-order valence-electron chi connectivity index (χ3n) is 6.11. The molecular weight excluding hydrogens is 344 g/mol. The highest BCUT2D eigenvalue weighted by molar-refractivity contribution is 5.96. The van der Waals surface area contributed by atoms with Gasteiger partial charge in [0.25, 0.3) is 0 Å². The van der Waals surface area contributed by atoms with Gasteiger partial charge in [0.2, 0.25) is 0 Å². The van der Waals surface area contributed by atoms with Gasteiger partial charge < -0.3 is 9.47 Å². The molecule has 2 aliphatic heterocycles. The van der Waals surface area contributed by atoms with Gasteiger partial charge in [0.05, 0.1) is 17.8 Å². The number of anilines is 1. The first-order chi connectivity index (χ1) is 12.6. The Morgan fingerprint density at radius 1 is 1.26 bits per heavy atom. The van der Waals surface area contributed by atoms with E-state index in [9.17, 15) is 9.59 Å². The van der Waals surface area contributed by atoms with Crippen LogP contribution in [0.1, 0.15) is 46.6 Å². The summed E-state index contributed by atoms with van der Waals surface area (Å²) < 4.78 is 10.8. The van der Waals surface area contributed by atoms with Gasteiger partial charge in [0, 0.05) is 11.6 Å². The van der Waals surface area contributed by atoms with E-state index in [1.165, 1.54) is 0 Å². The molecule has 144 valence electrons. The highest BCUT2D eigenvalue weighted by Crippen LogP contribution is 2.65. The largest absolute Gasteiger partial charge is 0.447 e. The number of carbonyl (C=O) groups excluding carboxylic acids is 2. The second-order valence-corrected chi connectivity index (χ2v) is 8.88. The number of rotatable bonds is 1. The molecule has 0 aromatic heterocycles. The normalized spacial score (nSPS) is 30.7. The van der Waals surface area contributed by atoms with E-state index in [0.29, 0.717) is 13.2 Å². The number of cyclic esters (lactones) is 1. The SMILES string of the molecule is CC(C)(C)OC(=O)N1c2ccccc2[C@@]2(C)C/C(=C/N3CCOC3=O)[C@@]12C. The Labute approximate surface area is 159 Å².